The van der Waals surface area contributed by atoms with E-state index in [1.165, 1.54) is 56.4 Å². The molecule has 0 amide bonds. The van der Waals surface area contributed by atoms with Crippen LogP contribution in [-0.4, -0.2) is 55.7 Å². The van der Waals surface area contributed by atoms with Crippen molar-refractivity contribution < 1.29 is 4.74 Å². The minimum Gasteiger partial charge on any atom is -0.379 e. The van der Waals surface area contributed by atoms with E-state index >= 15 is 0 Å². The Labute approximate surface area is 128 Å². The Hall–Kier alpha value is -0.900. The molecule has 2 fully saturated rings. The number of ether oxygens (including phenoxy) is 1. The van der Waals surface area contributed by atoms with Crippen LogP contribution >= 0.6 is 0 Å². The van der Waals surface area contributed by atoms with Crippen LogP contribution in [0, 0.1) is 0 Å². The zero-order valence-electron chi connectivity index (χ0n) is 13.1. The van der Waals surface area contributed by atoms with Crippen LogP contribution in [0.1, 0.15) is 30.4 Å². The second kappa shape index (κ2) is 7.92. The zero-order chi connectivity index (χ0) is 14.3. The van der Waals surface area contributed by atoms with Gasteiger partial charge in [0.05, 0.1) is 13.2 Å². The van der Waals surface area contributed by atoms with E-state index in [1.807, 2.05) is 0 Å². The molecule has 0 N–H and O–H groups in total. The van der Waals surface area contributed by atoms with E-state index in [-0.39, 0.29) is 0 Å². The molecule has 3 nitrogen and oxygen atoms in total. The molecule has 0 radical (unpaired) electrons. The average Bonchev–Trinajstić information content (AvgIpc) is 2.56. The summed E-state index contributed by atoms with van der Waals surface area (Å²) in [7, 11) is 0. The molecule has 0 bridgehead atoms. The van der Waals surface area contributed by atoms with Crippen LogP contribution in [0.5, 0.6) is 0 Å². The van der Waals surface area contributed by atoms with E-state index in [1.54, 1.807) is 0 Å². The van der Waals surface area contributed by atoms with Crippen LogP contribution in [0.15, 0.2) is 24.3 Å². The number of benzene rings is 1. The number of hydrogen-bond donors (Lipinski definition) is 0. The van der Waals surface area contributed by atoms with Gasteiger partial charge in [-0.05, 0) is 43.5 Å². The fraction of sp³-hybridized carbons (Fsp3) is 0.667. The molecular formula is C18H28N2O. The number of likely N-dealkylation sites (tertiary alicyclic amines) is 1. The standard InChI is InChI=1S/C18H28N2O/c1-2-9-19(10-3-1)11-8-17-4-6-18(7-5-17)16-20-12-14-21-15-13-20/h4-7H,1-3,8-16H2. The summed E-state index contributed by atoms with van der Waals surface area (Å²) in [6.45, 7) is 8.79. The lowest BCUT2D eigenvalue weighted by molar-refractivity contribution is 0.0342. The van der Waals surface area contributed by atoms with Crippen molar-refractivity contribution in [2.75, 3.05) is 45.9 Å². The lowest BCUT2D eigenvalue weighted by atomic mass is 10.1. The van der Waals surface area contributed by atoms with Crippen molar-refractivity contribution in [3.8, 4) is 0 Å². The first-order valence-electron chi connectivity index (χ1n) is 8.50. The summed E-state index contributed by atoms with van der Waals surface area (Å²) in [5.41, 5.74) is 2.91. The highest BCUT2D eigenvalue weighted by Gasteiger charge is 2.11. The van der Waals surface area contributed by atoms with E-state index in [0.29, 0.717) is 0 Å². The molecule has 1 aromatic carbocycles. The highest BCUT2D eigenvalue weighted by atomic mass is 16.5. The zero-order valence-corrected chi connectivity index (χ0v) is 13.1. The Morgan fingerprint density at radius 3 is 2.14 bits per heavy atom. The molecule has 3 rings (SSSR count). The highest BCUT2D eigenvalue weighted by molar-refractivity contribution is 5.22. The molecule has 0 unspecified atom stereocenters. The largest absolute Gasteiger partial charge is 0.379 e. The first-order chi connectivity index (χ1) is 10.4. The normalized spacial score (nSPS) is 21.5. The molecule has 0 aromatic heterocycles. The molecule has 2 heterocycles. The molecule has 0 atom stereocenters. The van der Waals surface area contributed by atoms with Gasteiger partial charge >= 0.3 is 0 Å². The smallest absolute Gasteiger partial charge is 0.0594 e. The van der Waals surface area contributed by atoms with Crippen LogP contribution in [0.2, 0.25) is 0 Å². The topological polar surface area (TPSA) is 15.7 Å². The fourth-order valence-electron chi connectivity index (χ4n) is 3.30. The lowest BCUT2D eigenvalue weighted by Gasteiger charge is -2.27. The molecule has 1 aromatic rings. The molecule has 0 aliphatic carbocycles. The van der Waals surface area contributed by atoms with Gasteiger partial charge < -0.3 is 9.64 Å². The second-order valence-corrected chi connectivity index (χ2v) is 6.36. The summed E-state index contributed by atoms with van der Waals surface area (Å²) in [4.78, 5) is 5.09. The Balaban J connectivity index is 1.44. The molecule has 0 spiro atoms. The van der Waals surface area contributed by atoms with Crippen LogP contribution in [0.4, 0.5) is 0 Å². The van der Waals surface area contributed by atoms with Crippen molar-refractivity contribution in [1.29, 1.82) is 0 Å². The van der Waals surface area contributed by atoms with Crippen LogP contribution < -0.4 is 0 Å². The number of piperidine rings is 1. The van der Waals surface area contributed by atoms with Crippen molar-refractivity contribution in [2.24, 2.45) is 0 Å². The van der Waals surface area contributed by atoms with Crippen LogP contribution in [-0.2, 0) is 17.7 Å². The third kappa shape index (κ3) is 4.80. The summed E-state index contributed by atoms with van der Waals surface area (Å²) in [6, 6.07) is 9.25. The van der Waals surface area contributed by atoms with Crippen molar-refractivity contribution in [2.45, 2.75) is 32.2 Å². The van der Waals surface area contributed by atoms with Crippen molar-refractivity contribution in [3.63, 3.8) is 0 Å². The van der Waals surface area contributed by atoms with Gasteiger partial charge in [-0.3, -0.25) is 4.90 Å². The first-order valence-corrected chi connectivity index (χ1v) is 8.50. The molecule has 2 aliphatic rings. The van der Waals surface area contributed by atoms with Crippen molar-refractivity contribution in [3.05, 3.63) is 35.4 Å². The van der Waals surface area contributed by atoms with Gasteiger partial charge in [0.25, 0.3) is 0 Å². The summed E-state index contributed by atoms with van der Waals surface area (Å²) in [5.74, 6) is 0. The number of hydrogen-bond acceptors (Lipinski definition) is 3. The SMILES string of the molecule is c1cc(CN2CCOCC2)ccc1CCN1CCCCC1. The highest BCUT2D eigenvalue weighted by Crippen LogP contribution is 2.12. The number of nitrogens with zero attached hydrogens (tertiary/aromatic N) is 2. The summed E-state index contributed by atoms with van der Waals surface area (Å²) in [5, 5.41) is 0. The molecule has 0 saturated carbocycles. The fourth-order valence-corrected chi connectivity index (χ4v) is 3.30. The monoisotopic (exact) mass is 288 g/mol. The summed E-state index contributed by atoms with van der Waals surface area (Å²) < 4.78 is 5.40. The third-order valence-corrected chi connectivity index (χ3v) is 4.70. The molecule has 116 valence electrons. The molecule has 3 heteroatoms. The Bertz CT molecular complexity index is 406. The number of rotatable bonds is 5. The van der Waals surface area contributed by atoms with Gasteiger partial charge in [-0.1, -0.05) is 30.7 Å². The van der Waals surface area contributed by atoms with Crippen LogP contribution in [0.3, 0.4) is 0 Å². The van der Waals surface area contributed by atoms with E-state index < -0.39 is 0 Å². The maximum Gasteiger partial charge on any atom is 0.0594 e. The average molecular weight is 288 g/mol. The molecule has 2 saturated heterocycles. The minimum absolute atomic E-state index is 0.883. The maximum absolute atomic E-state index is 5.40. The van der Waals surface area contributed by atoms with Gasteiger partial charge in [-0.15, -0.1) is 0 Å². The van der Waals surface area contributed by atoms with Gasteiger partial charge in [0.2, 0.25) is 0 Å². The Morgan fingerprint density at radius 2 is 1.43 bits per heavy atom. The van der Waals surface area contributed by atoms with E-state index in [0.717, 1.165) is 32.8 Å². The molecule has 2 aliphatic heterocycles. The summed E-state index contributed by atoms with van der Waals surface area (Å²) in [6.07, 6.45) is 5.39. The number of morpholine rings is 1. The lowest BCUT2D eigenvalue weighted by Crippen LogP contribution is -2.35. The predicted octanol–water partition coefficient (Wildman–Crippen LogP) is 2.55. The first kappa shape index (κ1) is 15.0. The summed E-state index contributed by atoms with van der Waals surface area (Å²) >= 11 is 0. The van der Waals surface area contributed by atoms with Gasteiger partial charge in [0.1, 0.15) is 0 Å². The molecular weight excluding hydrogens is 260 g/mol. The molecule has 21 heavy (non-hydrogen) atoms. The van der Waals surface area contributed by atoms with E-state index in [4.69, 9.17) is 4.74 Å². The van der Waals surface area contributed by atoms with Crippen LogP contribution in [0.25, 0.3) is 0 Å². The van der Waals surface area contributed by atoms with Crippen molar-refractivity contribution >= 4 is 0 Å². The van der Waals surface area contributed by atoms with Gasteiger partial charge in [-0.25, -0.2) is 0 Å². The van der Waals surface area contributed by atoms with E-state index in [9.17, 15) is 0 Å². The van der Waals surface area contributed by atoms with Gasteiger partial charge in [-0.2, -0.15) is 0 Å². The minimum atomic E-state index is 0.883. The van der Waals surface area contributed by atoms with Gasteiger partial charge in [0.15, 0.2) is 0 Å². The third-order valence-electron chi connectivity index (χ3n) is 4.70. The van der Waals surface area contributed by atoms with Gasteiger partial charge in [0, 0.05) is 26.2 Å². The second-order valence-electron chi connectivity index (χ2n) is 6.36. The maximum atomic E-state index is 5.40. The quantitative estimate of drug-likeness (QED) is 0.828. The van der Waals surface area contributed by atoms with Crippen molar-refractivity contribution in [1.82, 2.24) is 9.80 Å². The predicted molar refractivity (Wildman–Crippen MR) is 86.5 cm³/mol. The Morgan fingerprint density at radius 1 is 0.762 bits per heavy atom. The van der Waals surface area contributed by atoms with E-state index in [2.05, 4.69) is 34.1 Å². The Kier molecular flexibility index (Phi) is 5.67.